The molecule has 0 spiro atoms. The number of carboxylic acids is 1. The Morgan fingerprint density at radius 3 is 2.52 bits per heavy atom. The number of nitrogens with zero attached hydrogens (tertiary/aromatic N) is 2. The van der Waals surface area contributed by atoms with E-state index in [9.17, 15) is 14.4 Å². The molecule has 3 amide bonds. The fourth-order valence-electron chi connectivity index (χ4n) is 2.55. The van der Waals surface area contributed by atoms with Crippen molar-refractivity contribution in [3.05, 3.63) is 0 Å². The maximum absolute atomic E-state index is 11.9. The van der Waals surface area contributed by atoms with Crippen molar-refractivity contribution >= 4 is 17.9 Å². The van der Waals surface area contributed by atoms with Gasteiger partial charge in [0.25, 0.3) is 0 Å². The molecule has 1 fully saturated rings. The van der Waals surface area contributed by atoms with Gasteiger partial charge in [0.2, 0.25) is 5.91 Å². The quantitative estimate of drug-likeness (QED) is 0.726. The topological polar surface area (TPSA) is 90.0 Å². The Bertz CT molecular complexity index is 382. The van der Waals surface area contributed by atoms with Gasteiger partial charge in [-0.3, -0.25) is 9.59 Å². The van der Waals surface area contributed by atoms with Crippen LogP contribution in [0.15, 0.2) is 0 Å². The number of urea groups is 1. The van der Waals surface area contributed by atoms with Crippen LogP contribution in [0.25, 0.3) is 0 Å². The van der Waals surface area contributed by atoms with Crippen LogP contribution in [0, 0.1) is 5.92 Å². The van der Waals surface area contributed by atoms with Crippen LogP contribution in [0.3, 0.4) is 0 Å². The maximum Gasteiger partial charge on any atom is 0.317 e. The van der Waals surface area contributed by atoms with Crippen molar-refractivity contribution < 1.29 is 19.5 Å². The minimum Gasteiger partial charge on any atom is -0.481 e. The predicted octanol–water partition coefficient (Wildman–Crippen LogP) is 0.751. The third-order valence-electron chi connectivity index (χ3n) is 3.77. The first kappa shape index (κ1) is 17.3. The standard InChI is InChI=1S/C14H25N3O4/c1-3-16(4-2)12(18)5-7-15-14(21)17-8-6-11(10-17)9-13(19)20/h11H,3-10H2,1-2H3,(H,15,21)(H,19,20). The van der Waals surface area contributed by atoms with E-state index < -0.39 is 5.97 Å². The van der Waals surface area contributed by atoms with Gasteiger partial charge in [-0.2, -0.15) is 0 Å². The van der Waals surface area contributed by atoms with Gasteiger partial charge in [0.1, 0.15) is 0 Å². The molecule has 0 saturated carbocycles. The number of hydrogen-bond acceptors (Lipinski definition) is 3. The highest BCUT2D eigenvalue weighted by Gasteiger charge is 2.27. The lowest BCUT2D eigenvalue weighted by Crippen LogP contribution is -2.40. The van der Waals surface area contributed by atoms with E-state index in [1.807, 2.05) is 13.8 Å². The summed E-state index contributed by atoms with van der Waals surface area (Å²) in [6.07, 6.45) is 1.11. The Kier molecular flexibility index (Phi) is 6.98. The van der Waals surface area contributed by atoms with Crippen LogP contribution in [0.5, 0.6) is 0 Å². The highest BCUT2D eigenvalue weighted by atomic mass is 16.4. The van der Waals surface area contributed by atoms with Gasteiger partial charge in [0.05, 0.1) is 0 Å². The molecule has 0 aliphatic carbocycles. The third-order valence-corrected chi connectivity index (χ3v) is 3.77. The van der Waals surface area contributed by atoms with Gasteiger partial charge in [-0.1, -0.05) is 0 Å². The molecule has 2 N–H and O–H groups in total. The summed E-state index contributed by atoms with van der Waals surface area (Å²) in [5.41, 5.74) is 0. The van der Waals surface area contributed by atoms with Crippen molar-refractivity contribution in [1.29, 1.82) is 0 Å². The van der Waals surface area contributed by atoms with Crippen molar-refractivity contribution in [1.82, 2.24) is 15.1 Å². The van der Waals surface area contributed by atoms with Crippen LogP contribution in [-0.4, -0.2) is 65.5 Å². The first-order valence-electron chi connectivity index (χ1n) is 7.50. The molecule has 0 aromatic heterocycles. The van der Waals surface area contributed by atoms with Gasteiger partial charge in [-0.25, -0.2) is 4.79 Å². The summed E-state index contributed by atoms with van der Waals surface area (Å²) < 4.78 is 0. The number of nitrogens with one attached hydrogen (secondary N) is 1. The average Bonchev–Trinajstić information content (AvgIpc) is 2.87. The zero-order valence-electron chi connectivity index (χ0n) is 12.8. The molecule has 1 aliphatic heterocycles. The average molecular weight is 299 g/mol. The molecule has 7 nitrogen and oxygen atoms in total. The molecule has 0 aromatic rings. The van der Waals surface area contributed by atoms with Crippen molar-refractivity contribution in [2.75, 3.05) is 32.7 Å². The fraction of sp³-hybridized carbons (Fsp3) is 0.786. The number of aliphatic carboxylic acids is 1. The van der Waals surface area contributed by atoms with Gasteiger partial charge < -0.3 is 20.2 Å². The number of amides is 3. The Balaban J connectivity index is 2.26. The van der Waals surface area contributed by atoms with Gasteiger partial charge >= 0.3 is 12.0 Å². The van der Waals surface area contributed by atoms with E-state index in [1.165, 1.54) is 0 Å². The zero-order valence-corrected chi connectivity index (χ0v) is 12.8. The van der Waals surface area contributed by atoms with Gasteiger partial charge in [-0.15, -0.1) is 0 Å². The Hall–Kier alpha value is -1.79. The van der Waals surface area contributed by atoms with Crippen LogP contribution in [-0.2, 0) is 9.59 Å². The number of carbonyl (C=O) groups excluding carboxylic acids is 2. The van der Waals surface area contributed by atoms with Crippen molar-refractivity contribution in [3.63, 3.8) is 0 Å². The second kappa shape index (κ2) is 8.49. The molecule has 1 atom stereocenters. The van der Waals surface area contributed by atoms with Crippen LogP contribution >= 0.6 is 0 Å². The molecule has 0 aromatic carbocycles. The van der Waals surface area contributed by atoms with Crippen molar-refractivity contribution in [3.8, 4) is 0 Å². The van der Waals surface area contributed by atoms with Gasteiger partial charge in [0, 0.05) is 45.6 Å². The number of hydrogen-bond donors (Lipinski definition) is 2. The number of carbonyl (C=O) groups is 3. The summed E-state index contributed by atoms with van der Waals surface area (Å²) in [5.74, 6) is -0.761. The summed E-state index contributed by atoms with van der Waals surface area (Å²) in [6.45, 7) is 6.56. The van der Waals surface area contributed by atoms with E-state index in [2.05, 4.69) is 5.32 Å². The van der Waals surface area contributed by atoms with E-state index in [0.29, 0.717) is 39.1 Å². The molecule has 7 heteroatoms. The molecule has 1 saturated heterocycles. The lowest BCUT2D eigenvalue weighted by atomic mass is 10.1. The van der Waals surface area contributed by atoms with Crippen molar-refractivity contribution in [2.24, 2.45) is 5.92 Å². The lowest BCUT2D eigenvalue weighted by molar-refractivity contribution is -0.138. The molecule has 0 bridgehead atoms. The predicted molar refractivity (Wildman–Crippen MR) is 77.9 cm³/mol. The Morgan fingerprint density at radius 1 is 1.29 bits per heavy atom. The molecular formula is C14H25N3O4. The van der Waals surface area contributed by atoms with Gasteiger partial charge in [0.15, 0.2) is 0 Å². The van der Waals surface area contributed by atoms with Crippen LogP contribution < -0.4 is 5.32 Å². The molecule has 0 radical (unpaired) electrons. The molecule has 1 unspecified atom stereocenters. The smallest absolute Gasteiger partial charge is 0.317 e. The number of rotatable bonds is 7. The first-order chi connectivity index (χ1) is 9.97. The molecule has 21 heavy (non-hydrogen) atoms. The summed E-state index contributed by atoms with van der Waals surface area (Å²) in [4.78, 5) is 37.7. The minimum absolute atomic E-state index is 0.0328. The van der Waals surface area contributed by atoms with Gasteiger partial charge in [-0.05, 0) is 26.2 Å². The molecule has 1 rings (SSSR count). The molecule has 1 heterocycles. The molecule has 120 valence electrons. The van der Waals surface area contributed by atoms with Crippen molar-refractivity contribution in [2.45, 2.75) is 33.1 Å². The molecule has 1 aliphatic rings. The number of likely N-dealkylation sites (tertiary alicyclic amines) is 1. The zero-order chi connectivity index (χ0) is 15.8. The third kappa shape index (κ3) is 5.61. The summed E-state index contributed by atoms with van der Waals surface area (Å²) >= 11 is 0. The summed E-state index contributed by atoms with van der Waals surface area (Å²) in [7, 11) is 0. The highest BCUT2D eigenvalue weighted by molar-refractivity contribution is 5.78. The van der Waals surface area contributed by atoms with E-state index in [1.54, 1.807) is 9.80 Å². The minimum atomic E-state index is -0.827. The van der Waals surface area contributed by atoms with E-state index >= 15 is 0 Å². The summed E-state index contributed by atoms with van der Waals surface area (Å²) in [5, 5.41) is 11.5. The number of carboxylic acid groups (broad SMARTS) is 1. The van der Waals surface area contributed by atoms with E-state index in [4.69, 9.17) is 5.11 Å². The largest absolute Gasteiger partial charge is 0.481 e. The second-order valence-corrected chi connectivity index (χ2v) is 5.25. The van der Waals surface area contributed by atoms with E-state index in [-0.39, 0.29) is 24.3 Å². The molecular weight excluding hydrogens is 274 g/mol. The fourth-order valence-corrected chi connectivity index (χ4v) is 2.55. The highest BCUT2D eigenvalue weighted by Crippen LogP contribution is 2.19. The Morgan fingerprint density at radius 2 is 1.95 bits per heavy atom. The van der Waals surface area contributed by atoms with Crippen LogP contribution in [0.1, 0.15) is 33.1 Å². The second-order valence-electron chi connectivity index (χ2n) is 5.25. The monoisotopic (exact) mass is 299 g/mol. The normalized spacial score (nSPS) is 17.6. The Labute approximate surface area is 125 Å². The maximum atomic E-state index is 11.9. The lowest BCUT2D eigenvalue weighted by Gasteiger charge is -2.20. The van der Waals surface area contributed by atoms with Crippen LogP contribution in [0.2, 0.25) is 0 Å². The van der Waals surface area contributed by atoms with E-state index in [0.717, 1.165) is 6.42 Å². The summed E-state index contributed by atoms with van der Waals surface area (Å²) in [6, 6.07) is -0.213. The first-order valence-corrected chi connectivity index (χ1v) is 7.50. The SMILES string of the molecule is CCN(CC)C(=O)CCNC(=O)N1CCC(CC(=O)O)C1. The van der Waals surface area contributed by atoms with Crippen LogP contribution in [0.4, 0.5) is 4.79 Å².